The number of thiazole rings is 1. The van der Waals surface area contributed by atoms with Crippen LogP contribution < -0.4 is 4.80 Å². The van der Waals surface area contributed by atoms with Crippen molar-refractivity contribution in [3.8, 4) is 28.5 Å². The first kappa shape index (κ1) is 17.7. The Labute approximate surface area is 152 Å². The third-order valence-electron chi connectivity index (χ3n) is 3.59. The summed E-state index contributed by atoms with van der Waals surface area (Å²) in [6.07, 6.45) is 1.35. The Bertz CT molecular complexity index is 1020. The summed E-state index contributed by atoms with van der Waals surface area (Å²) in [7, 11) is 0. The number of nitrogens with zero attached hydrogens (tertiary/aromatic N) is 3. The molecule has 0 saturated heterocycles. The van der Waals surface area contributed by atoms with Crippen molar-refractivity contribution < 1.29 is 19.7 Å². The average molecular weight is 373 g/mol. The zero-order valence-corrected chi connectivity index (χ0v) is 14.6. The summed E-state index contributed by atoms with van der Waals surface area (Å²) < 4.78 is 14.8. The molecule has 0 aliphatic rings. The maximum atomic E-state index is 13.2. The van der Waals surface area contributed by atoms with Gasteiger partial charge in [0.05, 0.1) is 11.9 Å². The Morgan fingerprint density at radius 3 is 2.50 bits per heavy atom. The highest BCUT2D eigenvalue weighted by Gasteiger charge is 2.11. The number of phenolic OH excluding ortho intramolecular Hbond substituents is 3. The molecule has 2 aromatic carbocycles. The van der Waals surface area contributed by atoms with Crippen LogP contribution in [-0.2, 0) is 0 Å². The van der Waals surface area contributed by atoms with Gasteiger partial charge in [-0.05, 0) is 43.3 Å². The predicted molar refractivity (Wildman–Crippen MR) is 98.2 cm³/mol. The first-order chi connectivity index (χ1) is 12.5. The predicted octanol–water partition coefficient (Wildman–Crippen LogP) is 3.28. The molecule has 8 heteroatoms. The molecule has 0 amide bonds. The summed E-state index contributed by atoms with van der Waals surface area (Å²) in [6.45, 7) is 2.46. The minimum absolute atomic E-state index is 0.228. The van der Waals surface area contributed by atoms with Gasteiger partial charge in [-0.1, -0.05) is 0 Å². The fourth-order valence-electron chi connectivity index (χ4n) is 2.28. The van der Waals surface area contributed by atoms with Crippen LogP contribution in [0.5, 0.6) is 17.2 Å². The quantitative estimate of drug-likeness (QED) is 0.484. The van der Waals surface area contributed by atoms with Crippen molar-refractivity contribution in [1.82, 2.24) is 4.68 Å². The smallest absolute Gasteiger partial charge is 0.206 e. The molecule has 0 bridgehead atoms. The fourth-order valence-corrected chi connectivity index (χ4v) is 3.18. The lowest BCUT2D eigenvalue weighted by molar-refractivity contribution is 0.367. The van der Waals surface area contributed by atoms with Gasteiger partial charge >= 0.3 is 0 Å². The second-order valence-electron chi connectivity index (χ2n) is 5.31. The molecule has 0 spiro atoms. The largest absolute Gasteiger partial charge is 0.504 e. The molecule has 6 nitrogen and oxygen atoms in total. The SMILES string of the molecule is CCN=c1scc(-c2ccc(F)cc2)n1N=Cc1ccc(O)c(O)c1O. The van der Waals surface area contributed by atoms with Gasteiger partial charge < -0.3 is 15.3 Å². The van der Waals surface area contributed by atoms with E-state index in [-0.39, 0.29) is 11.4 Å². The topological polar surface area (TPSA) is 90.3 Å². The summed E-state index contributed by atoms with van der Waals surface area (Å²) in [4.78, 5) is 5.01. The van der Waals surface area contributed by atoms with Gasteiger partial charge in [0.1, 0.15) is 5.82 Å². The van der Waals surface area contributed by atoms with Crippen LogP contribution in [0.15, 0.2) is 51.9 Å². The highest BCUT2D eigenvalue weighted by Crippen LogP contribution is 2.36. The zero-order chi connectivity index (χ0) is 18.7. The average Bonchev–Trinajstić information content (AvgIpc) is 3.03. The maximum Gasteiger partial charge on any atom is 0.206 e. The molecule has 0 radical (unpaired) electrons. The minimum Gasteiger partial charge on any atom is -0.504 e. The number of phenols is 3. The number of hydrogen-bond donors (Lipinski definition) is 3. The number of aromatic hydroxyl groups is 3. The lowest BCUT2D eigenvalue weighted by Gasteiger charge is -2.05. The van der Waals surface area contributed by atoms with Crippen molar-refractivity contribution in [2.24, 2.45) is 10.1 Å². The number of rotatable bonds is 4. The van der Waals surface area contributed by atoms with E-state index in [0.29, 0.717) is 17.0 Å². The van der Waals surface area contributed by atoms with Crippen molar-refractivity contribution >= 4 is 17.6 Å². The van der Waals surface area contributed by atoms with Crippen LogP contribution >= 0.6 is 11.3 Å². The number of halogens is 1. The second kappa shape index (κ2) is 7.40. The Morgan fingerprint density at radius 2 is 1.81 bits per heavy atom. The molecule has 0 unspecified atom stereocenters. The van der Waals surface area contributed by atoms with Crippen LogP contribution in [0.3, 0.4) is 0 Å². The highest BCUT2D eigenvalue weighted by molar-refractivity contribution is 7.07. The van der Waals surface area contributed by atoms with Gasteiger partial charge in [-0.3, -0.25) is 4.99 Å². The third-order valence-corrected chi connectivity index (χ3v) is 4.45. The first-order valence-electron chi connectivity index (χ1n) is 7.76. The lowest BCUT2D eigenvalue weighted by Crippen LogP contribution is -2.12. The molecule has 0 aliphatic carbocycles. The van der Waals surface area contributed by atoms with Crippen molar-refractivity contribution in [2.75, 3.05) is 6.54 Å². The lowest BCUT2D eigenvalue weighted by atomic mass is 10.2. The molecule has 1 aromatic heterocycles. The molecule has 26 heavy (non-hydrogen) atoms. The van der Waals surface area contributed by atoms with Crippen LogP contribution in [0, 0.1) is 5.82 Å². The highest BCUT2D eigenvalue weighted by atomic mass is 32.1. The standard InChI is InChI=1S/C18H16FN3O3S/c1-2-20-18-22(14(10-26-18)11-3-6-13(19)7-4-11)21-9-12-5-8-15(23)17(25)16(12)24/h3-10,23-25H,2H2,1H3. The molecular formula is C18H16FN3O3S. The Kier molecular flexibility index (Phi) is 5.04. The zero-order valence-electron chi connectivity index (χ0n) is 13.8. The maximum absolute atomic E-state index is 13.2. The molecule has 1 heterocycles. The van der Waals surface area contributed by atoms with Gasteiger partial charge in [-0.2, -0.15) is 5.10 Å². The van der Waals surface area contributed by atoms with Gasteiger partial charge in [0.2, 0.25) is 10.6 Å². The van der Waals surface area contributed by atoms with Gasteiger partial charge in [-0.25, -0.2) is 9.07 Å². The van der Waals surface area contributed by atoms with Crippen molar-refractivity contribution in [1.29, 1.82) is 0 Å². The van der Waals surface area contributed by atoms with Gasteiger partial charge in [0.25, 0.3) is 0 Å². The van der Waals surface area contributed by atoms with Gasteiger partial charge in [0.15, 0.2) is 11.5 Å². The van der Waals surface area contributed by atoms with E-state index in [1.807, 2.05) is 12.3 Å². The summed E-state index contributed by atoms with van der Waals surface area (Å²) in [5, 5.41) is 35.1. The Hall–Kier alpha value is -3.13. The van der Waals surface area contributed by atoms with E-state index in [1.165, 1.54) is 41.8 Å². The molecule has 3 rings (SSSR count). The first-order valence-corrected chi connectivity index (χ1v) is 8.64. The molecular weight excluding hydrogens is 357 g/mol. The van der Waals surface area contributed by atoms with Crippen LogP contribution in [-0.4, -0.2) is 32.8 Å². The monoisotopic (exact) mass is 373 g/mol. The summed E-state index contributed by atoms with van der Waals surface area (Å²) in [6, 6.07) is 8.69. The molecule has 0 saturated carbocycles. The van der Waals surface area contributed by atoms with E-state index in [9.17, 15) is 19.7 Å². The fraction of sp³-hybridized carbons (Fsp3) is 0.111. The number of hydrogen-bond acceptors (Lipinski definition) is 6. The molecule has 0 fully saturated rings. The molecule has 134 valence electrons. The van der Waals surface area contributed by atoms with Crippen LogP contribution in [0.2, 0.25) is 0 Å². The van der Waals surface area contributed by atoms with E-state index >= 15 is 0 Å². The molecule has 3 aromatic rings. The van der Waals surface area contributed by atoms with Crippen molar-refractivity contribution in [2.45, 2.75) is 6.92 Å². The third kappa shape index (κ3) is 3.45. The van der Waals surface area contributed by atoms with E-state index in [0.717, 1.165) is 5.56 Å². The normalized spacial score (nSPS) is 12.2. The van der Waals surface area contributed by atoms with Crippen LogP contribution in [0.1, 0.15) is 12.5 Å². The van der Waals surface area contributed by atoms with E-state index in [1.54, 1.807) is 16.8 Å². The van der Waals surface area contributed by atoms with E-state index < -0.39 is 17.2 Å². The van der Waals surface area contributed by atoms with Crippen molar-refractivity contribution in [3.63, 3.8) is 0 Å². The number of aromatic nitrogens is 1. The Balaban J connectivity index is 2.09. The second-order valence-corrected chi connectivity index (χ2v) is 6.15. The molecule has 3 N–H and O–H groups in total. The van der Waals surface area contributed by atoms with Crippen LogP contribution in [0.4, 0.5) is 4.39 Å². The summed E-state index contributed by atoms with van der Waals surface area (Å²) in [5.41, 5.74) is 1.70. The minimum atomic E-state index is -0.610. The summed E-state index contributed by atoms with van der Waals surface area (Å²) >= 11 is 1.38. The summed E-state index contributed by atoms with van der Waals surface area (Å²) in [5.74, 6) is -1.83. The van der Waals surface area contributed by atoms with E-state index in [4.69, 9.17) is 0 Å². The van der Waals surface area contributed by atoms with Gasteiger partial charge in [0, 0.05) is 23.1 Å². The molecule has 0 aliphatic heterocycles. The van der Waals surface area contributed by atoms with E-state index in [2.05, 4.69) is 10.1 Å². The molecule has 0 atom stereocenters. The Morgan fingerprint density at radius 1 is 1.08 bits per heavy atom. The van der Waals surface area contributed by atoms with Crippen molar-refractivity contribution in [3.05, 3.63) is 58.0 Å². The number of benzene rings is 2. The van der Waals surface area contributed by atoms with Gasteiger partial charge in [-0.15, -0.1) is 11.3 Å². The van der Waals surface area contributed by atoms with Crippen LogP contribution in [0.25, 0.3) is 11.3 Å².